The van der Waals surface area contributed by atoms with Gasteiger partial charge in [-0.2, -0.15) is 5.26 Å². The van der Waals surface area contributed by atoms with E-state index in [0.29, 0.717) is 6.04 Å². The van der Waals surface area contributed by atoms with Gasteiger partial charge in [0, 0.05) is 6.04 Å². The molecule has 1 fully saturated rings. The smallest absolute Gasteiger partial charge is 0.106 e. The van der Waals surface area contributed by atoms with Crippen molar-refractivity contribution in [2.75, 3.05) is 19.6 Å². The van der Waals surface area contributed by atoms with Crippen LogP contribution in [-0.2, 0) is 0 Å². The average Bonchev–Trinajstić information content (AvgIpc) is 2.39. The fourth-order valence-electron chi connectivity index (χ4n) is 3.21. The van der Waals surface area contributed by atoms with Crippen LogP contribution in [0.2, 0.25) is 0 Å². The molecule has 1 heterocycles. The van der Waals surface area contributed by atoms with Crippen LogP contribution in [0, 0.1) is 11.3 Å². The Morgan fingerprint density at radius 1 is 1.15 bits per heavy atom. The zero-order valence-electron chi connectivity index (χ0n) is 13.7. The van der Waals surface area contributed by atoms with E-state index in [0.717, 1.165) is 25.8 Å². The molecule has 0 bridgehead atoms. The quantitative estimate of drug-likeness (QED) is 0.772. The van der Waals surface area contributed by atoms with Gasteiger partial charge >= 0.3 is 0 Å². The summed E-state index contributed by atoms with van der Waals surface area (Å²) in [7, 11) is 0. The summed E-state index contributed by atoms with van der Waals surface area (Å²) in [5.74, 6) is 0. The molecule has 1 unspecified atom stereocenters. The number of nitrogens with zero attached hydrogens (tertiary/aromatic N) is 2. The molecule has 3 nitrogen and oxygen atoms in total. The van der Waals surface area contributed by atoms with Gasteiger partial charge in [-0.25, -0.2) is 0 Å². The molecular weight excluding hydrogens is 246 g/mol. The van der Waals surface area contributed by atoms with Crippen molar-refractivity contribution in [3.63, 3.8) is 0 Å². The van der Waals surface area contributed by atoms with Crippen molar-refractivity contribution in [1.82, 2.24) is 10.2 Å². The molecule has 0 aromatic carbocycles. The first kappa shape index (κ1) is 17.5. The van der Waals surface area contributed by atoms with E-state index >= 15 is 0 Å². The normalized spacial score (nSPS) is 20.9. The lowest BCUT2D eigenvalue weighted by molar-refractivity contribution is 0.230. The minimum absolute atomic E-state index is 0.323. The summed E-state index contributed by atoms with van der Waals surface area (Å²) in [6.45, 7) is 10.0. The summed E-state index contributed by atoms with van der Waals surface area (Å²) in [4.78, 5) is 2.60. The molecule has 0 amide bonds. The van der Waals surface area contributed by atoms with Crippen molar-refractivity contribution in [3.8, 4) is 6.07 Å². The van der Waals surface area contributed by atoms with Crippen LogP contribution in [0.15, 0.2) is 0 Å². The molecule has 1 saturated heterocycles. The zero-order valence-corrected chi connectivity index (χ0v) is 13.7. The number of hydrogen-bond donors (Lipinski definition) is 1. The maximum absolute atomic E-state index is 9.52. The molecule has 20 heavy (non-hydrogen) atoms. The Kier molecular flexibility index (Phi) is 8.18. The highest BCUT2D eigenvalue weighted by atomic mass is 15.1. The Hall–Kier alpha value is -0.590. The lowest BCUT2D eigenvalue weighted by Crippen LogP contribution is -2.47. The van der Waals surface area contributed by atoms with Crippen molar-refractivity contribution >= 4 is 0 Å². The lowest BCUT2D eigenvalue weighted by Gasteiger charge is -2.31. The van der Waals surface area contributed by atoms with Crippen molar-refractivity contribution in [2.24, 2.45) is 0 Å². The molecule has 0 aromatic heterocycles. The van der Waals surface area contributed by atoms with Crippen LogP contribution in [0.3, 0.4) is 0 Å². The van der Waals surface area contributed by atoms with Gasteiger partial charge in [-0.15, -0.1) is 0 Å². The van der Waals surface area contributed by atoms with Crippen LogP contribution in [-0.4, -0.2) is 36.1 Å². The molecule has 0 radical (unpaired) electrons. The molecule has 0 aliphatic carbocycles. The van der Waals surface area contributed by atoms with Crippen molar-refractivity contribution in [3.05, 3.63) is 0 Å². The van der Waals surface area contributed by atoms with E-state index < -0.39 is 0 Å². The van der Waals surface area contributed by atoms with Crippen molar-refractivity contribution < 1.29 is 0 Å². The molecule has 1 rings (SSSR count). The average molecular weight is 279 g/mol. The summed E-state index contributed by atoms with van der Waals surface area (Å²) in [5, 5.41) is 13.0. The van der Waals surface area contributed by atoms with Gasteiger partial charge in [0.25, 0.3) is 0 Å². The van der Waals surface area contributed by atoms with E-state index in [-0.39, 0.29) is 5.54 Å². The van der Waals surface area contributed by atoms with Gasteiger partial charge in [0.2, 0.25) is 0 Å². The standard InChI is InChI=1S/C17H33N3/c1-4-17(15-18,19-16(2)3)11-10-14-20-12-8-6-5-7-9-13-20/h16,19H,4-14H2,1-3H3. The molecule has 0 saturated carbocycles. The number of likely N-dealkylation sites (tertiary alicyclic amines) is 1. The van der Waals surface area contributed by atoms with E-state index in [4.69, 9.17) is 0 Å². The molecule has 0 aromatic rings. The van der Waals surface area contributed by atoms with Crippen LogP contribution < -0.4 is 5.32 Å². The fraction of sp³-hybridized carbons (Fsp3) is 0.941. The van der Waals surface area contributed by atoms with Gasteiger partial charge < -0.3 is 4.90 Å². The molecule has 1 N–H and O–H groups in total. The Labute approximate surface area is 125 Å². The van der Waals surface area contributed by atoms with E-state index in [1.807, 2.05) is 0 Å². The Morgan fingerprint density at radius 2 is 1.75 bits per heavy atom. The van der Waals surface area contributed by atoms with Gasteiger partial charge in [0.1, 0.15) is 5.54 Å². The second-order valence-corrected chi connectivity index (χ2v) is 6.56. The molecule has 1 aliphatic heterocycles. The van der Waals surface area contributed by atoms with Crippen LogP contribution in [0.25, 0.3) is 0 Å². The second-order valence-electron chi connectivity index (χ2n) is 6.56. The number of rotatable bonds is 7. The first-order valence-corrected chi connectivity index (χ1v) is 8.53. The van der Waals surface area contributed by atoms with Crippen molar-refractivity contribution in [2.45, 2.75) is 83.7 Å². The number of nitriles is 1. The molecule has 1 atom stereocenters. The molecule has 1 aliphatic rings. The Balaban J connectivity index is 2.37. The molecular formula is C17H33N3. The predicted molar refractivity (Wildman–Crippen MR) is 85.7 cm³/mol. The van der Waals surface area contributed by atoms with Gasteiger partial charge in [0.15, 0.2) is 0 Å². The van der Waals surface area contributed by atoms with Crippen LogP contribution >= 0.6 is 0 Å². The van der Waals surface area contributed by atoms with Crippen LogP contribution in [0.5, 0.6) is 0 Å². The SMILES string of the molecule is CCC(C#N)(CCCN1CCCCCCC1)NC(C)C. The van der Waals surface area contributed by atoms with Gasteiger partial charge in [-0.1, -0.05) is 26.2 Å². The third-order valence-corrected chi connectivity index (χ3v) is 4.41. The minimum Gasteiger partial charge on any atom is -0.303 e. The van der Waals surface area contributed by atoms with Crippen LogP contribution in [0.1, 0.15) is 72.1 Å². The summed E-state index contributed by atoms with van der Waals surface area (Å²) >= 11 is 0. The van der Waals surface area contributed by atoms with Gasteiger partial charge in [0.05, 0.1) is 6.07 Å². The monoisotopic (exact) mass is 279 g/mol. The summed E-state index contributed by atoms with van der Waals surface area (Å²) in [6, 6.07) is 2.90. The molecule has 3 heteroatoms. The van der Waals surface area contributed by atoms with E-state index in [2.05, 4.69) is 37.1 Å². The van der Waals surface area contributed by atoms with Gasteiger partial charge in [-0.05, 0) is 65.6 Å². The minimum atomic E-state index is -0.323. The zero-order chi connectivity index (χ0) is 14.8. The third-order valence-electron chi connectivity index (χ3n) is 4.41. The predicted octanol–water partition coefficient (Wildman–Crippen LogP) is 3.70. The first-order chi connectivity index (χ1) is 9.62. The largest absolute Gasteiger partial charge is 0.303 e. The third kappa shape index (κ3) is 6.24. The Bertz CT molecular complexity index is 287. The highest BCUT2D eigenvalue weighted by Crippen LogP contribution is 2.19. The highest BCUT2D eigenvalue weighted by Gasteiger charge is 2.27. The van der Waals surface area contributed by atoms with Gasteiger partial charge in [-0.3, -0.25) is 5.32 Å². The molecule has 0 spiro atoms. The van der Waals surface area contributed by atoms with E-state index in [1.54, 1.807) is 0 Å². The first-order valence-electron chi connectivity index (χ1n) is 8.53. The van der Waals surface area contributed by atoms with Crippen molar-refractivity contribution in [1.29, 1.82) is 5.26 Å². The van der Waals surface area contributed by atoms with E-state index in [9.17, 15) is 5.26 Å². The Morgan fingerprint density at radius 3 is 2.25 bits per heavy atom. The summed E-state index contributed by atoms with van der Waals surface area (Å²) in [6.07, 6.45) is 9.88. The molecule has 116 valence electrons. The maximum Gasteiger partial charge on any atom is 0.106 e. The maximum atomic E-state index is 9.52. The summed E-state index contributed by atoms with van der Waals surface area (Å²) < 4.78 is 0. The lowest BCUT2D eigenvalue weighted by atomic mass is 9.91. The van der Waals surface area contributed by atoms with Crippen LogP contribution in [0.4, 0.5) is 0 Å². The highest BCUT2D eigenvalue weighted by molar-refractivity contribution is 5.06. The van der Waals surface area contributed by atoms with E-state index in [1.165, 1.54) is 45.2 Å². The summed E-state index contributed by atoms with van der Waals surface area (Å²) in [5.41, 5.74) is -0.323. The second kappa shape index (κ2) is 9.37. The topological polar surface area (TPSA) is 39.1 Å². The number of nitrogens with one attached hydrogen (secondary N) is 1. The number of hydrogen-bond acceptors (Lipinski definition) is 3. The fourth-order valence-corrected chi connectivity index (χ4v) is 3.21.